The zero-order valence-electron chi connectivity index (χ0n) is 13.0. The first-order valence-corrected chi connectivity index (χ1v) is 7.40. The summed E-state index contributed by atoms with van der Waals surface area (Å²) >= 11 is 6.39. The number of hydrogen-bond donors (Lipinski definition) is 1. The largest absolute Gasteiger partial charge is 0.495 e. The lowest BCUT2D eigenvalue weighted by molar-refractivity contribution is 0.245. The molecular formula is C16H21ClN2O2. The number of hydrogen-bond acceptors (Lipinski definition) is 4. The fraction of sp³-hybridized carbons (Fsp3) is 0.438. The van der Waals surface area contributed by atoms with Crippen molar-refractivity contribution in [1.29, 1.82) is 0 Å². The zero-order valence-corrected chi connectivity index (χ0v) is 13.8. The summed E-state index contributed by atoms with van der Waals surface area (Å²) in [5, 5.41) is 4.66. The number of anilines is 1. The Labute approximate surface area is 130 Å². The van der Waals surface area contributed by atoms with Gasteiger partial charge < -0.3 is 14.8 Å². The third-order valence-electron chi connectivity index (χ3n) is 2.87. The number of halogens is 1. The van der Waals surface area contributed by atoms with E-state index in [9.17, 15) is 0 Å². The maximum Gasteiger partial charge on any atom is 0.139 e. The van der Waals surface area contributed by atoms with Gasteiger partial charge in [0.05, 0.1) is 18.7 Å². The van der Waals surface area contributed by atoms with Crippen molar-refractivity contribution in [2.45, 2.75) is 39.8 Å². The molecule has 5 heteroatoms. The number of nitrogens with zero attached hydrogens (tertiary/aromatic N) is 1. The van der Waals surface area contributed by atoms with Gasteiger partial charge in [-0.2, -0.15) is 0 Å². The van der Waals surface area contributed by atoms with E-state index in [1.807, 2.05) is 32.0 Å². The Balaban J connectivity index is 2.65. The molecule has 2 rings (SSSR count). The minimum atomic E-state index is 0.0726. The SMILES string of the molecule is COc1ccc2c(OC(C)C)cc(NC(C)C)nc2c1Cl. The van der Waals surface area contributed by atoms with E-state index >= 15 is 0 Å². The van der Waals surface area contributed by atoms with Crippen molar-refractivity contribution < 1.29 is 9.47 Å². The summed E-state index contributed by atoms with van der Waals surface area (Å²) in [6, 6.07) is 5.93. The van der Waals surface area contributed by atoms with Gasteiger partial charge in [-0.1, -0.05) is 11.6 Å². The molecule has 0 aliphatic heterocycles. The third kappa shape index (κ3) is 3.50. The fourth-order valence-corrected chi connectivity index (χ4v) is 2.37. The molecule has 0 radical (unpaired) electrons. The average Bonchev–Trinajstić information content (AvgIpc) is 2.38. The number of methoxy groups -OCH3 is 1. The van der Waals surface area contributed by atoms with Crippen LogP contribution in [-0.2, 0) is 0 Å². The monoisotopic (exact) mass is 308 g/mol. The first kappa shape index (κ1) is 15.7. The lowest BCUT2D eigenvalue weighted by atomic mass is 10.2. The Bertz CT molecular complexity index is 642. The van der Waals surface area contributed by atoms with Gasteiger partial charge in [0.25, 0.3) is 0 Å². The van der Waals surface area contributed by atoms with Gasteiger partial charge in [-0.15, -0.1) is 0 Å². The molecule has 0 saturated carbocycles. The topological polar surface area (TPSA) is 43.4 Å². The van der Waals surface area contributed by atoms with Gasteiger partial charge in [0.1, 0.15) is 22.3 Å². The second kappa shape index (κ2) is 6.39. The molecule has 0 aliphatic rings. The number of pyridine rings is 1. The van der Waals surface area contributed by atoms with Gasteiger partial charge >= 0.3 is 0 Å². The van der Waals surface area contributed by atoms with Gasteiger partial charge in [-0.3, -0.25) is 0 Å². The van der Waals surface area contributed by atoms with Gasteiger partial charge in [0.15, 0.2) is 0 Å². The summed E-state index contributed by atoms with van der Waals surface area (Å²) in [6.07, 6.45) is 0.0726. The molecule has 21 heavy (non-hydrogen) atoms. The molecule has 1 N–H and O–H groups in total. The summed E-state index contributed by atoms with van der Waals surface area (Å²) in [5.41, 5.74) is 0.678. The predicted molar refractivity (Wildman–Crippen MR) is 87.8 cm³/mol. The van der Waals surface area contributed by atoms with Crippen molar-refractivity contribution in [1.82, 2.24) is 4.98 Å². The molecule has 1 aromatic heterocycles. The van der Waals surface area contributed by atoms with Crippen LogP contribution < -0.4 is 14.8 Å². The van der Waals surface area contributed by atoms with Crippen molar-refractivity contribution in [3.63, 3.8) is 0 Å². The number of aromatic nitrogens is 1. The number of nitrogens with one attached hydrogen (secondary N) is 1. The minimum absolute atomic E-state index is 0.0726. The second-order valence-corrected chi connectivity index (χ2v) is 5.83. The third-order valence-corrected chi connectivity index (χ3v) is 3.23. The molecule has 114 valence electrons. The first-order chi connectivity index (χ1) is 9.92. The molecule has 0 saturated heterocycles. The van der Waals surface area contributed by atoms with Gasteiger partial charge in [-0.25, -0.2) is 4.98 Å². The van der Waals surface area contributed by atoms with Crippen LogP contribution in [0.1, 0.15) is 27.7 Å². The number of rotatable bonds is 5. The van der Waals surface area contributed by atoms with Crippen molar-refractivity contribution in [3.05, 3.63) is 23.2 Å². The average molecular weight is 309 g/mol. The van der Waals surface area contributed by atoms with Crippen LogP contribution in [0.2, 0.25) is 5.02 Å². The Morgan fingerprint density at radius 2 is 1.86 bits per heavy atom. The Morgan fingerprint density at radius 3 is 2.43 bits per heavy atom. The molecular weight excluding hydrogens is 288 g/mol. The highest BCUT2D eigenvalue weighted by Gasteiger charge is 2.14. The maximum atomic E-state index is 6.39. The molecule has 2 aromatic rings. The standard InChI is InChI=1S/C16H21ClN2O2/c1-9(2)18-14-8-13(21-10(3)4)11-6-7-12(20-5)15(17)16(11)19-14/h6-10H,1-5H3,(H,18,19). The highest BCUT2D eigenvalue weighted by atomic mass is 35.5. The van der Waals surface area contributed by atoms with Crippen LogP contribution in [0.4, 0.5) is 5.82 Å². The normalized spacial score (nSPS) is 11.2. The molecule has 0 bridgehead atoms. The van der Waals surface area contributed by atoms with Crippen molar-refractivity contribution in [3.8, 4) is 11.5 Å². The lowest BCUT2D eigenvalue weighted by Crippen LogP contribution is -2.12. The van der Waals surface area contributed by atoms with Gasteiger partial charge in [-0.05, 0) is 39.8 Å². The predicted octanol–water partition coefficient (Wildman–Crippen LogP) is 4.50. The van der Waals surface area contributed by atoms with E-state index in [0.717, 1.165) is 17.0 Å². The summed E-state index contributed by atoms with van der Waals surface area (Å²) < 4.78 is 11.2. The summed E-state index contributed by atoms with van der Waals surface area (Å²) in [4.78, 5) is 4.59. The fourth-order valence-electron chi connectivity index (χ4n) is 2.09. The smallest absolute Gasteiger partial charge is 0.139 e. The van der Waals surface area contributed by atoms with Crippen molar-refractivity contribution >= 4 is 28.3 Å². The van der Waals surface area contributed by atoms with E-state index in [0.29, 0.717) is 16.3 Å². The Kier molecular flexibility index (Phi) is 4.78. The molecule has 0 unspecified atom stereocenters. The molecule has 0 atom stereocenters. The second-order valence-electron chi connectivity index (χ2n) is 5.45. The van der Waals surface area contributed by atoms with E-state index in [-0.39, 0.29) is 12.1 Å². The number of ether oxygens (including phenoxy) is 2. The van der Waals surface area contributed by atoms with E-state index in [1.165, 1.54) is 0 Å². The van der Waals surface area contributed by atoms with Crippen LogP contribution in [-0.4, -0.2) is 24.2 Å². The molecule has 4 nitrogen and oxygen atoms in total. The summed E-state index contributed by atoms with van der Waals surface area (Å²) in [5.74, 6) is 2.11. The van der Waals surface area contributed by atoms with Crippen molar-refractivity contribution in [2.75, 3.05) is 12.4 Å². The summed E-state index contributed by atoms with van der Waals surface area (Å²) in [7, 11) is 1.59. The Morgan fingerprint density at radius 1 is 1.14 bits per heavy atom. The van der Waals surface area contributed by atoms with Crippen LogP contribution in [0, 0.1) is 0 Å². The number of benzene rings is 1. The highest BCUT2D eigenvalue weighted by molar-refractivity contribution is 6.36. The van der Waals surface area contributed by atoms with Crippen LogP contribution in [0.3, 0.4) is 0 Å². The van der Waals surface area contributed by atoms with Gasteiger partial charge in [0.2, 0.25) is 0 Å². The van der Waals surface area contributed by atoms with Crippen molar-refractivity contribution in [2.24, 2.45) is 0 Å². The first-order valence-electron chi connectivity index (χ1n) is 7.02. The molecule has 1 heterocycles. The van der Waals surface area contributed by atoms with E-state index in [1.54, 1.807) is 7.11 Å². The Hall–Kier alpha value is -1.68. The lowest BCUT2D eigenvalue weighted by Gasteiger charge is -2.17. The molecule has 0 aliphatic carbocycles. The quantitative estimate of drug-likeness (QED) is 0.883. The highest BCUT2D eigenvalue weighted by Crippen LogP contribution is 2.37. The van der Waals surface area contributed by atoms with E-state index in [2.05, 4.69) is 24.1 Å². The van der Waals surface area contributed by atoms with Crippen LogP contribution in [0.25, 0.3) is 10.9 Å². The molecule has 0 amide bonds. The molecule has 0 fully saturated rings. The van der Waals surface area contributed by atoms with Crippen LogP contribution in [0.5, 0.6) is 11.5 Å². The van der Waals surface area contributed by atoms with E-state index < -0.39 is 0 Å². The van der Waals surface area contributed by atoms with Crippen LogP contribution in [0.15, 0.2) is 18.2 Å². The minimum Gasteiger partial charge on any atom is -0.495 e. The van der Waals surface area contributed by atoms with Gasteiger partial charge in [0, 0.05) is 17.5 Å². The van der Waals surface area contributed by atoms with E-state index in [4.69, 9.17) is 21.1 Å². The zero-order chi connectivity index (χ0) is 15.6. The summed E-state index contributed by atoms with van der Waals surface area (Å²) in [6.45, 7) is 8.10. The van der Waals surface area contributed by atoms with Crippen LogP contribution >= 0.6 is 11.6 Å². The molecule has 1 aromatic carbocycles. The maximum absolute atomic E-state index is 6.39. The number of fused-ring (bicyclic) bond motifs is 1. The molecule has 0 spiro atoms.